The maximum Gasteiger partial charge on any atom is 0.207 e. The van der Waals surface area contributed by atoms with Gasteiger partial charge in [-0.25, -0.2) is 0 Å². The Balaban J connectivity index is 0.000000315. The van der Waals surface area contributed by atoms with Crippen molar-refractivity contribution >= 4 is 17.9 Å². The lowest BCUT2D eigenvalue weighted by Crippen LogP contribution is -2.20. The van der Waals surface area contributed by atoms with Crippen LogP contribution in [-0.4, -0.2) is 25.3 Å². The monoisotopic (exact) mass is 289 g/mol. The summed E-state index contributed by atoms with van der Waals surface area (Å²) in [6.45, 7) is 5.04. The number of allylic oxidation sites excluding steroid dienone is 2. The SMILES string of the molecule is CC1=C(Nc2ccc(C)cc2)CCC1=O.NCCNC=O. The molecule has 5 heteroatoms. The fourth-order valence-electron chi connectivity index (χ4n) is 1.89. The Hall–Kier alpha value is -2.14. The minimum absolute atomic E-state index is 0.268. The molecule has 0 atom stereocenters. The van der Waals surface area contributed by atoms with Crippen molar-refractivity contribution in [2.45, 2.75) is 26.7 Å². The van der Waals surface area contributed by atoms with Gasteiger partial charge in [-0.1, -0.05) is 17.7 Å². The van der Waals surface area contributed by atoms with E-state index in [1.807, 2.05) is 19.1 Å². The zero-order chi connectivity index (χ0) is 15.7. The Bertz CT molecular complexity index is 507. The van der Waals surface area contributed by atoms with E-state index in [9.17, 15) is 9.59 Å². The summed E-state index contributed by atoms with van der Waals surface area (Å²) in [5, 5.41) is 5.70. The van der Waals surface area contributed by atoms with Gasteiger partial charge in [-0.2, -0.15) is 0 Å². The molecule has 1 aromatic rings. The predicted molar refractivity (Wildman–Crippen MR) is 84.9 cm³/mol. The fraction of sp³-hybridized carbons (Fsp3) is 0.375. The Morgan fingerprint density at radius 2 is 1.86 bits per heavy atom. The molecule has 21 heavy (non-hydrogen) atoms. The number of amides is 1. The molecule has 0 fully saturated rings. The van der Waals surface area contributed by atoms with Crippen molar-refractivity contribution in [2.24, 2.45) is 5.73 Å². The van der Waals surface area contributed by atoms with E-state index < -0.39 is 0 Å². The Kier molecular flexibility index (Phi) is 7.18. The third-order valence-electron chi connectivity index (χ3n) is 3.19. The van der Waals surface area contributed by atoms with Crippen LogP contribution in [0.3, 0.4) is 0 Å². The van der Waals surface area contributed by atoms with Crippen LogP contribution in [0.5, 0.6) is 0 Å². The van der Waals surface area contributed by atoms with Gasteiger partial charge in [0.05, 0.1) is 0 Å². The predicted octanol–water partition coefficient (Wildman–Crippen LogP) is 1.73. The number of aryl methyl sites for hydroxylation is 1. The third kappa shape index (κ3) is 5.79. The quantitative estimate of drug-likeness (QED) is 0.569. The summed E-state index contributed by atoms with van der Waals surface area (Å²) in [7, 11) is 0. The average molecular weight is 289 g/mol. The first-order valence-electron chi connectivity index (χ1n) is 7.02. The van der Waals surface area contributed by atoms with E-state index in [1.54, 1.807) is 0 Å². The van der Waals surface area contributed by atoms with Crippen molar-refractivity contribution in [1.82, 2.24) is 5.32 Å². The van der Waals surface area contributed by atoms with E-state index in [1.165, 1.54) is 5.56 Å². The molecule has 0 bridgehead atoms. The summed E-state index contributed by atoms with van der Waals surface area (Å²) in [6.07, 6.45) is 2.13. The minimum atomic E-state index is 0.268. The van der Waals surface area contributed by atoms with E-state index in [2.05, 4.69) is 29.7 Å². The van der Waals surface area contributed by atoms with Crippen molar-refractivity contribution in [2.75, 3.05) is 18.4 Å². The molecule has 0 spiro atoms. The molecule has 1 amide bonds. The number of carbonyl (C=O) groups excluding carboxylic acids is 2. The lowest BCUT2D eigenvalue weighted by atomic mass is 10.2. The second-order valence-electron chi connectivity index (χ2n) is 4.88. The number of hydrogen-bond acceptors (Lipinski definition) is 4. The fourth-order valence-corrected chi connectivity index (χ4v) is 1.89. The zero-order valence-corrected chi connectivity index (χ0v) is 12.6. The standard InChI is InChI=1S/C13H15NO.C3H8N2O/c1-9-3-5-11(6-4-9)14-12-7-8-13(15)10(12)2;4-1-2-5-3-6/h3-6,14H,7-8H2,1-2H3;3H,1-2,4H2,(H,5,6). The number of rotatable bonds is 5. The highest BCUT2D eigenvalue weighted by Crippen LogP contribution is 2.24. The summed E-state index contributed by atoms with van der Waals surface area (Å²) in [6, 6.07) is 8.21. The first kappa shape index (κ1) is 16.9. The first-order chi connectivity index (χ1) is 10.1. The number of anilines is 1. The van der Waals surface area contributed by atoms with Crippen LogP contribution < -0.4 is 16.4 Å². The van der Waals surface area contributed by atoms with Crippen molar-refractivity contribution in [3.05, 3.63) is 41.1 Å². The summed E-state index contributed by atoms with van der Waals surface area (Å²) in [4.78, 5) is 20.7. The molecule has 5 nitrogen and oxygen atoms in total. The highest BCUT2D eigenvalue weighted by molar-refractivity contribution is 5.98. The molecule has 0 aromatic heterocycles. The molecule has 0 saturated heterocycles. The van der Waals surface area contributed by atoms with Gasteiger partial charge in [-0.05, 0) is 32.4 Å². The van der Waals surface area contributed by atoms with Gasteiger partial charge in [0.2, 0.25) is 6.41 Å². The number of nitrogens with one attached hydrogen (secondary N) is 2. The molecule has 1 aliphatic rings. The molecule has 2 rings (SSSR count). The van der Waals surface area contributed by atoms with Gasteiger partial charge in [0.15, 0.2) is 5.78 Å². The Labute approximate surface area is 125 Å². The van der Waals surface area contributed by atoms with Crippen LogP contribution in [-0.2, 0) is 9.59 Å². The third-order valence-corrected chi connectivity index (χ3v) is 3.19. The van der Waals surface area contributed by atoms with E-state index in [4.69, 9.17) is 5.73 Å². The van der Waals surface area contributed by atoms with E-state index in [0.29, 0.717) is 25.9 Å². The number of benzene rings is 1. The van der Waals surface area contributed by atoms with Gasteiger partial charge in [-0.15, -0.1) is 0 Å². The average Bonchev–Trinajstić information content (AvgIpc) is 2.80. The summed E-state index contributed by atoms with van der Waals surface area (Å²) < 4.78 is 0. The van der Waals surface area contributed by atoms with E-state index in [0.717, 1.165) is 23.4 Å². The molecule has 0 saturated carbocycles. The second-order valence-corrected chi connectivity index (χ2v) is 4.88. The molecule has 0 radical (unpaired) electrons. The van der Waals surface area contributed by atoms with Crippen molar-refractivity contribution < 1.29 is 9.59 Å². The summed E-state index contributed by atoms with van der Waals surface area (Å²) in [5.74, 6) is 0.268. The molecular weight excluding hydrogens is 266 g/mol. The normalized spacial score (nSPS) is 13.6. The highest BCUT2D eigenvalue weighted by atomic mass is 16.1. The molecule has 4 N–H and O–H groups in total. The van der Waals surface area contributed by atoms with Crippen molar-refractivity contribution in [3.63, 3.8) is 0 Å². The van der Waals surface area contributed by atoms with Crippen LogP contribution in [0.4, 0.5) is 5.69 Å². The Morgan fingerprint density at radius 3 is 2.29 bits per heavy atom. The van der Waals surface area contributed by atoms with Crippen LogP contribution in [0.25, 0.3) is 0 Å². The van der Waals surface area contributed by atoms with Crippen LogP contribution in [0.15, 0.2) is 35.5 Å². The van der Waals surface area contributed by atoms with Crippen molar-refractivity contribution in [1.29, 1.82) is 0 Å². The van der Waals surface area contributed by atoms with Gasteiger partial charge in [0, 0.05) is 36.5 Å². The summed E-state index contributed by atoms with van der Waals surface area (Å²) in [5.41, 5.74) is 9.26. The van der Waals surface area contributed by atoms with Crippen LogP contribution in [0.1, 0.15) is 25.3 Å². The van der Waals surface area contributed by atoms with Gasteiger partial charge >= 0.3 is 0 Å². The molecular formula is C16H23N3O2. The molecule has 0 heterocycles. The van der Waals surface area contributed by atoms with E-state index >= 15 is 0 Å². The smallest absolute Gasteiger partial charge is 0.207 e. The molecule has 1 aliphatic carbocycles. The van der Waals surface area contributed by atoms with Crippen LogP contribution >= 0.6 is 0 Å². The van der Waals surface area contributed by atoms with Crippen LogP contribution in [0.2, 0.25) is 0 Å². The largest absolute Gasteiger partial charge is 0.359 e. The second kappa shape index (κ2) is 8.92. The lowest BCUT2D eigenvalue weighted by molar-refractivity contribution is -0.114. The number of nitrogens with two attached hydrogens (primary N) is 1. The van der Waals surface area contributed by atoms with Gasteiger partial charge in [0.25, 0.3) is 0 Å². The summed E-state index contributed by atoms with van der Waals surface area (Å²) >= 11 is 0. The zero-order valence-electron chi connectivity index (χ0n) is 12.6. The number of carbonyl (C=O) groups is 2. The maximum atomic E-state index is 11.3. The number of ketones is 1. The molecule has 0 aliphatic heterocycles. The number of Topliss-reactive ketones (excluding diaryl/α,β-unsaturated/α-hetero) is 1. The molecule has 114 valence electrons. The first-order valence-corrected chi connectivity index (χ1v) is 7.02. The lowest BCUT2D eigenvalue weighted by Gasteiger charge is -2.08. The highest BCUT2D eigenvalue weighted by Gasteiger charge is 2.18. The van der Waals surface area contributed by atoms with Crippen LogP contribution in [0, 0.1) is 6.92 Å². The number of hydrogen-bond donors (Lipinski definition) is 3. The van der Waals surface area contributed by atoms with Gasteiger partial charge in [-0.3, -0.25) is 9.59 Å². The van der Waals surface area contributed by atoms with Gasteiger partial charge in [0.1, 0.15) is 0 Å². The minimum Gasteiger partial charge on any atom is -0.359 e. The molecule has 0 unspecified atom stereocenters. The van der Waals surface area contributed by atoms with Crippen molar-refractivity contribution in [3.8, 4) is 0 Å². The van der Waals surface area contributed by atoms with Gasteiger partial charge < -0.3 is 16.4 Å². The topological polar surface area (TPSA) is 84.2 Å². The molecule has 1 aromatic carbocycles. The maximum absolute atomic E-state index is 11.3. The van der Waals surface area contributed by atoms with E-state index in [-0.39, 0.29) is 5.78 Å². The Morgan fingerprint density at radius 1 is 1.19 bits per heavy atom.